The Bertz CT molecular complexity index is 803. The zero-order valence-corrected chi connectivity index (χ0v) is 14.6. The van der Waals surface area contributed by atoms with E-state index in [1.807, 2.05) is 31.2 Å². The Kier molecular flexibility index (Phi) is 5.03. The maximum atomic E-state index is 12.3. The van der Waals surface area contributed by atoms with Crippen LogP contribution in [0, 0.1) is 0 Å². The van der Waals surface area contributed by atoms with Gasteiger partial charge in [0.15, 0.2) is 9.84 Å². The lowest BCUT2D eigenvalue weighted by molar-refractivity contribution is 0.0939. The molecule has 0 heterocycles. The number of halogens is 1. The summed E-state index contributed by atoms with van der Waals surface area (Å²) >= 11 is 3.45. The normalized spacial score (nSPS) is 12.7. The van der Waals surface area contributed by atoms with Gasteiger partial charge in [-0.15, -0.1) is 0 Å². The highest BCUT2D eigenvalue weighted by molar-refractivity contribution is 9.10. The van der Waals surface area contributed by atoms with E-state index in [-0.39, 0.29) is 16.8 Å². The molecular formula is C16H16BrNO3S. The lowest BCUT2D eigenvalue weighted by Gasteiger charge is -2.16. The number of carbonyl (C=O) groups excluding carboxylic acids is 1. The standard InChI is InChI=1S/C16H16BrNO3S/c1-11(14-8-3-4-9-15(14)17)18-16(19)12-6-5-7-13(10-12)22(2,20)21/h3-11H,1-2H3,(H,18,19). The van der Waals surface area contributed by atoms with E-state index in [1.165, 1.54) is 12.1 Å². The molecule has 0 bridgehead atoms. The van der Waals surface area contributed by atoms with E-state index in [4.69, 9.17) is 0 Å². The van der Waals surface area contributed by atoms with Crippen molar-refractivity contribution in [3.05, 3.63) is 64.1 Å². The van der Waals surface area contributed by atoms with Gasteiger partial charge in [-0.05, 0) is 36.8 Å². The lowest BCUT2D eigenvalue weighted by atomic mass is 10.1. The Labute approximate surface area is 138 Å². The van der Waals surface area contributed by atoms with Crippen LogP contribution in [0.3, 0.4) is 0 Å². The Hall–Kier alpha value is -1.66. The molecule has 0 spiro atoms. The molecule has 22 heavy (non-hydrogen) atoms. The number of hydrogen-bond donors (Lipinski definition) is 1. The van der Waals surface area contributed by atoms with E-state index in [0.29, 0.717) is 5.56 Å². The molecule has 1 amide bonds. The number of amides is 1. The molecule has 0 fully saturated rings. The van der Waals surface area contributed by atoms with E-state index in [2.05, 4.69) is 21.2 Å². The summed E-state index contributed by atoms with van der Waals surface area (Å²) in [6.07, 6.45) is 1.12. The van der Waals surface area contributed by atoms with Crippen LogP contribution in [0.5, 0.6) is 0 Å². The summed E-state index contributed by atoms with van der Waals surface area (Å²) in [5, 5.41) is 2.87. The topological polar surface area (TPSA) is 63.2 Å². The Balaban J connectivity index is 2.21. The number of carbonyl (C=O) groups is 1. The number of rotatable bonds is 4. The average Bonchev–Trinajstić information content (AvgIpc) is 2.46. The predicted octanol–water partition coefficient (Wildman–Crippen LogP) is 3.34. The maximum absolute atomic E-state index is 12.3. The predicted molar refractivity (Wildman–Crippen MR) is 89.6 cm³/mol. The molecule has 116 valence electrons. The van der Waals surface area contributed by atoms with Crippen LogP contribution in [-0.2, 0) is 9.84 Å². The highest BCUT2D eigenvalue weighted by atomic mass is 79.9. The van der Waals surface area contributed by atoms with E-state index in [0.717, 1.165) is 16.3 Å². The highest BCUT2D eigenvalue weighted by Crippen LogP contribution is 2.23. The quantitative estimate of drug-likeness (QED) is 0.882. The Morgan fingerprint density at radius 3 is 2.45 bits per heavy atom. The molecule has 1 atom stereocenters. The molecule has 0 aliphatic heterocycles. The monoisotopic (exact) mass is 381 g/mol. The smallest absolute Gasteiger partial charge is 0.251 e. The minimum Gasteiger partial charge on any atom is -0.345 e. The molecule has 0 radical (unpaired) electrons. The van der Waals surface area contributed by atoms with Gasteiger partial charge >= 0.3 is 0 Å². The first-order valence-electron chi connectivity index (χ1n) is 6.64. The van der Waals surface area contributed by atoms with Crippen molar-refractivity contribution in [2.45, 2.75) is 17.9 Å². The van der Waals surface area contributed by atoms with Crippen molar-refractivity contribution in [1.29, 1.82) is 0 Å². The van der Waals surface area contributed by atoms with Crippen LogP contribution in [0.15, 0.2) is 57.9 Å². The van der Waals surface area contributed by atoms with Gasteiger partial charge in [-0.3, -0.25) is 4.79 Å². The van der Waals surface area contributed by atoms with E-state index in [1.54, 1.807) is 12.1 Å². The largest absolute Gasteiger partial charge is 0.345 e. The van der Waals surface area contributed by atoms with Gasteiger partial charge in [0.2, 0.25) is 0 Å². The molecule has 1 unspecified atom stereocenters. The van der Waals surface area contributed by atoms with Crippen LogP contribution in [0.4, 0.5) is 0 Å². The number of nitrogens with one attached hydrogen (secondary N) is 1. The summed E-state index contributed by atoms with van der Waals surface area (Å²) in [6, 6.07) is 13.4. The van der Waals surface area contributed by atoms with Gasteiger partial charge in [-0.1, -0.05) is 40.2 Å². The van der Waals surface area contributed by atoms with Crippen LogP contribution in [0.1, 0.15) is 28.9 Å². The zero-order valence-electron chi connectivity index (χ0n) is 12.2. The SMILES string of the molecule is CC(NC(=O)c1cccc(S(C)(=O)=O)c1)c1ccccc1Br. The number of benzene rings is 2. The van der Waals surface area contributed by atoms with Gasteiger partial charge in [0.05, 0.1) is 10.9 Å². The summed E-state index contributed by atoms with van der Waals surface area (Å²) in [6.45, 7) is 1.87. The summed E-state index contributed by atoms with van der Waals surface area (Å²) < 4.78 is 24.0. The summed E-state index contributed by atoms with van der Waals surface area (Å²) in [5.74, 6) is -0.311. The molecule has 0 saturated carbocycles. The molecule has 0 aliphatic carbocycles. The second-order valence-electron chi connectivity index (χ2n) is 5.02. The third-order valence-corrected chi connectivity index (χ3v) is 5.08. The molecule has 0 aromatic heterocycles. The molecule has 6 heteroatoms. The van der Waals surface area contributed by atoms with Crippen molar-refractivity contribution < 1.29 is 13.2 Å². The minimum absolute atomic E-state index is 0.133. The van der Waals surface area contributed by atoms with Crippen LogP contribution in [-0.4, -0.2) is 20.6 Å². The molecular weight excluding hydrogens is 366 g/mol. The van der Waals surface area contributed by atoms with Crippen molar-refractivity contribution >= 4 is 31.7 Å². The van der Waals surface area contributed by atoms with Gasteiger partial charge in [0, 0.05) is 16.3 Å². The lowest BCUT2D eigenvalue weighted by Crippen LogP contribution is -2.27. The van der Waals surface area contributed by atoms with Gasteiger partial charge in [-0.25, -0.2) is 8.42 Å². The van der Waals surface area contributed by atoms with Crippen molar-refractivity contribution in [3.8, 4) is 0 Å². The molecule has 2 rings (SSSR count). The van der Waals surface area contributed by atoms with Gasteiger partial charge in [-0.2, -0.15) is 0 Å². The summed E-state index contributed by atoms with van der Waals surface area (Å²) in [5.41, 5.74) is 1.27. The summed E-state index contributed by atoms with van der Waals surface area (Å²) in [7, 11) is -3.33. The van der Waals surface area contributed by atoms with Gasteiger partial charge in [0.25, 0.3) is 5.91 Å². The van der Waals surface area contributed by atoms with Crippen LogP contribution < -0.4 is 5.32 Å². The Morgan fingerprint density at radius 2 is 1.82 bits per heavy atom. The fraction of sp³-hybridized carbons (Fsp3) is 0.188. The van der Waals surface area contributed by atoms with Crippen molar-refractivity contribution in [2.24, 2.45) is 0 Å². The van der Waals surface area contributed by atoms with Gasteiger partial charge in [0.1, 0.15) is 0 Å². The summed E-state index contributed by atoms with van der Waals surface area (Å²) in [4.78, 5) is 12.4. The first-order chi connectivity index (χ1) is 10.3. The first-order valence-corrected chi connectivity index (χ1v) is 9.33. The van der Waals surface area contributed by atoms with Crippen LogP contribution in [0.25, 0.3) is 0 Å². The van der Waals surface area contributed by atoms with Crippen LogP contribution in [0.2, 0.25) is 0 Å². The second-order valence-corrected chi connectivity index (χ2v) is 7.89. The van der Waals surface area contributed by atoms with Crippen LogP contribution >= 0.6 is 15.9 Å². The first kappa shape index (κ1) is 16.7. The average molecular weight is 382 g/mol. The zero-order chi connectivity index (χ0) is 16.3. The maximum Gasteiger partial charge on any atom is 0.251 e. The third-order valence-electron chi connectivity index (χ3n) is 3.24. The second kappa shape index (κ2) is 6.62. The molecule has 0 aliphatic rings. The molecule has 1 N–H and O–H groups in total. The molecule has 2 aromatic carbocycles. The molecule has 0 saturated heterocycles. The van der Waals surface area contributed by atoms with Gasteiger partial charge < -0.3 is 5.32 Å². The number of hydrogen-bond acceptors (Lipinski definition) is 3. The minimum atomic E-state index is -3.33. The Morgan fingerprint density at radius 1 is 1.14 bits per heavy atom. The third kappa shape index (κ3) is 3.96. The van der Waals surface area contributed by atoms with E-state index >= 15 is 0 Å². The fourth-order valence-corrected chi connectivity index (χ4v) is 3.35. The fourth-order valence-electron chi connectivity index (χ4n) is 2.05. The molecule has 4 nitrogen and oxygen atoms in total. The van der Waals surface area contributed by atoms with Crippen molar-refractivity contribution in [1.82, 2.24) is 5.32 Å². The van der Waals surface area contributed by atoms with E-state index < -0.39 is 9.84 Å². The van der Waals surface area contributed by atoms with Crippen molar-refractivity contribution in [2.75, 3.05) is 6.26 Å². The highest BCUT2D eigenvalue weighted by Gasteiger charge is 2.15. The van der Waals surface area contributed by atoms with E-state index in [9.17, 15) is 13.2 Å². The van der Waals surface area contributed by atoms with Crippen molar-refractivity contribution in [3.63, 3.8) is 0 Å². The molecule has 2 aromatic rings. The number of sulfone groups is 1.